The van der Waals surface area contributed by atoms with Crippen molar-refractivity contribution in [1.82, 2.24) is 0 Å². The number of benzene rings is 2. The Labute approximate surface area is 139 Å². The Morgan fingerprint density at radius 1 is 1.05 bits per heavy atom. The molecule has 0 aliphatic rings. The van der Waals surface area contributed by atoms with Gasteiger partial charge in [0.25, 0.3) is 0 Å². The first-order chi connectivity index (χ1) is 10.5. The van der Waals surface area contributed by atoms with Crippen LogP contribution in [0.1, 0.15) is 24.0 Å². The first kappa shape index (κ1) is 16.5. The van der Waals surface area contributed by atoms with E-state index in [0.717, 1.165) is 5.56 Å². The van der Waals surface area contributed by atoms with Crippen molar-refractivity contribution in [2.45, 2.75) is 12.8 Å². The van der Waals surface area contributed by atoms with E-state index >= 15 is 0 Å². The molecule has 0 aromatic heterocycles. The van der Waals surface area contributed by atoms with Crippen molar-refractivity contribution in [2.75, 3.05) is 0 Å². The summed E-state index contributed by atoms with van der Waals surface area (Å²) < 4.78 is 0. The Bertz CT molecular complexity index is 721. The lowest BCUT2D eigenvalue weighted by atomic mass is 9.87. The largest absolute Gasteiger partial charge is 0.299 e. The topological polar surface area (TPSA) is 34.1 Å². The maximum Gasteiger partial charge on any atom is 0.147 e. The van der Waals surface area contributed by atoms with Gasteiger partial charge in [-0.3, -0.25) is 9.59 Å². The van der Waals surface area contributed by atoms with Gasteiger partial charge >= 0.3 is 0 Å². The molecular formula is C18H14Cl2O2. The van der Waals surface area contributed by atoms with Crippen molar-refractivity contribution >= 4 is 41.3 Å². The van der Waals surface area contributed by atoms with Crippen molar-refractivity contribution < 1.29 is 9.59 Å². The van der Waals surface area contributed by atoms with Crippen molar-refractivity contribution in [3.63, 3.8) is 0 Å². The number of allylic oxidation sites excluding steroid dienone is 1. The fraction of sp³-hybridized carbons (Fsp3) is 0.111. The zero-order chi connectivity index (χ0) is 16.1. The van der Waals surface area contributed by atoms with E-state index in [1.807, 2.05) is 30.3 Å². The van der Waals surface area contributed by atoms with E-state index < -0.39 is 5.92 Å². The highest BCUT2D eigenvalue weighted by molar-refractivity contribution is 6.42. The average molecular weight is 333 g/mol. The Morgan fingerprint density at radius 2 is 1.73 bits per heavy atom. The minimum absolute atomic E-state index is 0.132. The molecule has 0 N–H and O–H groups in total. The standard InChI is InChI=1S/C18H14Cl2O2/c1-12(22)18(14-7-8-16(19)17(20)10-14)15(11-21)9-13-5-3-2-4-6-13/h2-11,18H,1H3. The number of hydrogen-bond donors (Lipinski definition) is 0. The number of ketones is 1. The maximum atomic E-state index is 12.1. The predicted molar refractivity (Wildman–Crippen MR) is 90.4 cm³/mol. The van der Waals surface area contributed by atoms with Gasteiger partial charge in [0, 0.05) is 5.57 Å². The summed E-state index contributed by atoms with van der Waals surface area (Å²) in [5.74, 6) is -0.792. The molecular weight excluding hydrogens is 319 g/mol. The molecule has 0 radical (unpaired) electrons. The van der Waals surface area contributed by atoms with Crippen molar-refractivity contribution in [3.8, 4) is 0 Å². The van der Waals surface area contributed by atoms with Crippen LogP contribution in [0.2, 0.25) is 10.0 Å². The monoisotopic (exact) mass is 332 g/mol. The van der Waals surface area contributed by atoms with Crippen molar-refractivity contribution in [2.24, 2.45) is 0 Å². The summed E-state index contributed by atoms with van der Waals surface area (Å²) in [5.41, 5.74) is 1.89. The molecule has 0 heterocycles. The maximum absolute atomic E-state index is 12.1. The Balaban J connectivity index is 2.49. The number of halogens is 2. The van der Waals surface area contributed by atoms with Crippen LogP contribution in [0.15, 0.2) is 54.1 Å². The van der Waals surface area contributed by atoms with E-state index in [9.17, 15) is 9.59 Å². The first-order valence-electron chi connectivity index (χ1n) is 6.70. The molecule has 1 atom stereocenters. The normalized spacial score (nSPS) is 12.8. The third-order valence-electron chi connectivity index (χ3n) is 3.29. The molecule has 2 rings (SSSR count). The van der Waals surface area contributed by atoms with E-state index in [-0.39, 0.29) is 5.78 Å². The summed E-state index contributed by atoms with van der Waals surface area (Å²) in [6.45, 7) is 1.45. The summed E-state index contributed by atoms with van der Waals surface area (Å²) in [6, 6.07) is 14.3. The van der Waals surface area contributed by atoms with Gasteiger partial charge in [-0.15, -0.1) is 0 Å². The molecule has 2 aromatic carbocycles. The SMILES string of the molecule is CC(=O)C(C(C=O)=Cc1ccccc1)c1ccc(Cl)c(Cl)c1. The minimum Gasteiger partial charge on any atom is -0.299 e. The molecule has 112 valence electrons. The molecule has 1 unspecified atom stereocenters. The second kappa shape index (κ2) is 7.39. The van der Waals surface area contributed by atoms with Crippen LogP contribution < -0.4 is 0 Å². The lowest BCUT2D eigenvalue weighted by molar-refractivity contribution is -0.118. The Morgan fingerprint density at radius 3 is 2.27 bits per heavy atom. The molecule has 22 heavy (non-hydrogen) atoms. The van der Waals surface area contributed by atoms with E-state index in [0.29, 0.717) is 27.5 Å². The van der Waals surface area contributed by atoms with Crippen molar-refractivity contribution in [3.05, 3.63) is 75.3 Å². The molecule has 0 aliphatic carbocycles. The third-order valence-corrected chi connectivity index (χ3v) is 4.02. The van der Waals surface area contributed by atoms with Crippen molar-refractivity contribution in [1.29, 1.82) is 0 Å². The molecule has 2 nitrogen and oxygen atoms in total. The zero-order valence-electron chi connectivity index (χ0n) is 11.9. The van der Waals surface area contributed by atoms with E-state index in [1.54, 1.807) is 24.3 Å². The van der Waals surface area contributed by atoms with Gasteiger partial charge in [0.05, 0.1) is 16.0 Å². The molecule has 0 spiro atoms. The smallest absolute Gasteiger partial charge is 0.147 e. The molecule has 0 bridgehead atoms. The zero-order valence-corrected chi connectivity index (χ0v) is 13.4. The summed E-state index contributed by atoms with van der Waals surface area (Å²) in [7, 11) is 0. The third kappa shape index (κ3) is 3.85. The Hall–Kier alpha value is -1.90. The highest BCUT2D eigenvalue weighted by Gasteiger charge is 2.22. The Kier molecular flexibility index (Phi) is 5.53. The van der Waals surface area contributed by atoms with Gasteiger partial charge in [0.2, 0.25) is 0 Å². The molecule has 0 saturated heterocycles. The molecule has 0 aliphatic heterocycles. The molecule has 4 heteroatoms. The van der Waals surface area contributed by atoms with E-state index in [1.165, 1.54) is 6.92 Å². The number of Topliss-reactive ketones (excluding diaryl/α,β-unsaturated/α-hetero) is 1. The minimum atomic E-state index is -0.660. The lowest BCUT2D eigenvalue weighted by Gasteiger charge is -2.15. The number of rotatable bonds is 5. The molecule has 0 amide bonds. The quantitative estimate of drug-likeness (QED) is 0.573. The first-order valence-corrected chi connectivity index (χ1v) is 7.45. The second-order valence-electron chi connectivity index (χ2n) is 4.89. The fourth-order valence-electron chi connectivity index (χ4n) is 2.28. The van der Waals surface area contributed by atoms with Crippen LogP contribution in [0.4, 0.5) is 0 Å². The van der Waals surface area contributed by atoms with Crippen LogP contribution in [-0.4, -0.2) is 12.1 Å². The molecule has 2 aromatic rings. The summed E-state index contributed by atoms with van der Waals surface area (Å²) in [6.07, 6.45) is 2.42. The van der Waals surface area contributed by atoms with Crippen LogP contribution in [0, 0.1) is 0 Å². The summed E-state index contributed by atoms with van der Waals surface area (Å²) >= 11 is 11.9. The van der Waals surface area contributed by atoms with E-state index in [4.69, 9.17) is 23.2 Å². The summed E-state index contributed by atoms with van der Waals surface area (Å²) in [4.78, 5) is 23.6. The summed E-state index contributed by atoms with van der Waals surface area (Å²) in [5, 5.41) is 0.766. The fourth-order valence-corrected chi connectivity index (χ4v) is 2.59. The van der Waals surface area contributed by atoms with Gasteiger partial charge in [-0.2, -0.15) is 0 Å². The highest BCUT2D eigenvalue weighted by Crippen LogP contribution is 2.31. The second-order valence-corrected chi connectivity index (χ2v) is 5.70. The van der Waals surface area contributed by atoms with Crippen LogP contribution in [0.3, 0.4) is 0 Å². The van der Waals surface area contributed by atoms with E-state index in [2.05, 4.69) is 0 Å². The van der Waals surface area contributed by atoms with Gasteiger partial charge in [0.1, 0.15) is 12.1 Å². The number of carbonyl (C=O) groups excluding carboxylic acids is 2. The lowest BCUT2D eigenvalue weighted by Crippen LogP contribution is -2.13. The van der Waals surface area contributed by atoms with Crippen LogP contribution >= 0.6 is 23.2 Å². The van der Waals surface area contributed by atoms with Gasteiger partial charge in [-0.05, 0) is 36.3 Å². The van der Waals surface area contributed by atoms with Crippen LogP contribution in [0.5, 0.6) is 0 Å². The number of hydrogen-bond acceptors (Lipinski definition) is 2. The van der Waals surface area contributed by atoms with Crippen LogP contribution in [-0.2, 0) is 9.59 Å². The molecule has 0 saturated carbocycles. The van der Waals surface area contributed by atoms with Crippen LogP contribution in [0.25, 0.3) is 6.08 Å². The number of carbonyl (C=O) groups is 2. The van der Waals surface area contributed by atoms with Gasteiger partial charge in [0.15, 0.2) is 0 Å². The highest BCUT2D eigenvalue weighted by atomic mass is 35.5. The van der Waals surface area contributed by atoms with Gasteiger partial charge in [-0.25, -0.2) is 0 Å². The molecule has 0 fully saturated rings. The van der Waals surface area contributed by atoms with Gasteiger partial charge in [-0.1, -0.05) is 59.6 Å². The number of aldehydes is 1. The predicted octanol–water partition coefficient (Wildman–Crippen LogP) is 4.95. The average Bonchev–Trinajstić information content (AvgIpc) is 2.50. The van der Waals surface area contributed by atoms with Gasteiger partial charge < -0.3 is 0 Å².